The van der Waals surface area contributed by atoms with E-state index in [2.05, 4.69) is 10.6 Å². The highest BCUT2D eigenvalue weighted by Crippen LogP contribution is 2.22. The Bertz CT molecular complexity index is 435. The van der Waals surface area contributed by atoms with Crippen LogP contribution in [0.25, 0.3) is 0 Å². The summed E-state index contributed by atoms with van der Waals surface area (Å²) in [5, 5.41) is 14.4. The van der Waals surface area contributed by atoms with E-state index in [1.165, 1.54) is 18.2 Å². The van der Waals surface area contributed by atoms with Gasteiger partial charge in [0.05, 0.1) is 22.8 Å². The number of amides is 1. The summed E-state index contributed by atoms with van der Waals surface area (Å²) < 4.78 is 0. The summed E-state index contributed by atoms with van der Waals surface area (Å²) in [6.45, 7) is 2.77. The van der Waals surface area contributed by atoms with E-state index in [9.17, 15) is 9.59 Å². The molecule has 6 heteroatoms. The molecule has 0 aliphatic rings. The van der Waals surface area contributed by atoms with Gasteiger partial charge in [-0.05, 0) is 24.7 Å². The Labute approximate surface area is 104 Å². The fourth-order valence-electron chi connectivity index (χ4n) is 1.18. The fraction of sp³-hybridized carbons (Fsp3) is 0.273. The molecule has 0 heterocycles. The molecular formula is C11H13ClN2O3. The molecule has 5 nitrogen and oxygen atoms in total. The summed E-state index contributed by atoms with van der Waals surface area (Å²) >= 11 is 5.85. The molecule has 0 radical (unpaired) electrons. The number of halogens is 1. The smallest absolute Gasteiger partial charge is 0.335 e. The van der Waals surface area contributed by atoms with Gasteiger partial charge in [-0.2, -0.15) is 0 Å². The van der Waals surface area contributed by atoms with Gasteiger partial charge in [-0.3, -0.25) is 4.79 Å². The molecule has 3 N–H and O–H groups in total. The van der Waals surface area contributed by atoms with Crippen LogP contribution in [0.15, 0.2) is 18.2 Å². The number of carbonyl (C=O) groups excluding carboxylic acids is 1. The van der Waals surface area contributed by atoms with E-state index in [4.69, 9.17) is 16.7 Å². The first-order chi connectivity index (χ1) is 8.04. The van der Waals surface area contributed by atoms with E-state index >= 15 is 0 Å². The first-order valence-electron chi connectivity index (χ1n) is 5.08. The summed E-state index contributed by atoms with van der Waals surface area (Å²) in [4.78, 5) is 22.1. The minimum Gasteiger partial charge on any atom is -0.478 e. The van der Waals surface area contributed by atoms with Crippen molar-refractivity contribution in [3.63, 3.8) is 0 Å². The van der Waals surface area contributed by atoms with Crippen LogP contribution in [0.5, 0.6) is 0 Å². The van der Waals surface area contributed by atoms with Gasteiger partial charge in [0.25, 0.3) is 0 Å². The van der Waals surface area contributed by atoms with Crippen LogP contribution in [0.4, 0.5) is 5.69 Å². The monoisotopic (exact) mass is 256 g/mol. The molecule has 0 fully saturated rings. The maximum Gasteiger partial charge on any atom is 0.335 e. The van der Waals surface area contributed by atoms with E-state index in [1.54, 1.807) is 0 Å². The van der Waals surface area contributed by atoms with Crippen LogP contribution in [0.2, 0.25) is 5.02 Å². The lowest BCUT2D eigenvalue weighted by molar-refractivity contribution is -0.115. The van der Waals surface area contributed by atoms with Gasteiger partial charge in [0.15, 0.2) is 0 Å². The third kappa shape index (κ3) is 4.05. The van der Waals surface area contributed by atoms with Gasteiger partial charge in [-0.1, -0.05) is 18.5 Å². The fourth-order valence-corrected chi connectivity index (χ4v) is 1.41. The average molecular weight is 257 g/mol. The number of benzene rings is 1. The number of hydrogen-bond acceptors (Lipinski definition) is 3. The highest BCUT2D eigenvalue weighted by Gasteiger charge is 2.09. The number of anilines is 1. The Morgan fingerprint density at radius 2 is 2.12 bits per heavy atom. The van der Waals surface area contributed by atoms with Gasteiger partial charge >= 0.3 is 5.97 Å². The summed E-state index contributed by atoms with van der Waals surface area (Å²) in [7, 11) is 0. The number of aromatic carboxylic acids is 1. The van der Waals surface area contributed by atoms with Crippen molar-refractivity contribution in [2.45, 2.75) is 6.92 Å². The number of rotatable bonds is 5. The van der Waals surface area contributed by atoms with Crippen molar-refractivity contribution in [3.05, 3.63) is 28.8 Å². The third-order valence-electron chi connectivity index (χ3n) is 2.03. The topological polar surface area (TPSA) is 78.4 Å². The highest BCUT2D eigenvalue weighted by molar-refractivity contribution is 6.34. The number of carboxylic acid groups (broad SMARTS) is 1. The predicted octanol–water partition coefficient (Wildman–Crippen LogP) is 1.59. The van der Waals surface area contributed by atoms with Crippen LogP contribution in [-0.2, 0) is 4.79 Å². The van der Waals surface area contributed by atoms with Gasteiger partial charge in [-0.25, -0.2) is 4.79 Å². The summed E-state index contributed by atoms with van der Waals surface area (Å²) in [6, 6.07) is 4.15. The Hall–Kier alpha value is -1.59. The first-order valence-corrected chi connectivity index (χ1v) is 5.45. The lowest BCUT2D eigenvalue weighted by atomic mass is 10.2. The maximum absolute atomic E-state index is 11.4. The van der Waals surface area contributed by atoms with Gasteiger partial charge in [-0.15, -0.1) is 0 Å². The molecule has 1 aromatic carbocycles. The molecule has 1 amide bonds. The van der Waals surface area contributed by atoms with Crippen molar-refractivity contribution >= 4 is 29.2 Å². The lowest BCUT2D eigenvalue weighted by Gasteiger charge is -2.08. The molecule has 0 atom stereocenters. The molecule has 0 aromatic heterocycles. The maximum atomic E-state index is 11.4. The van der Waals surface area contributed by atoms with Crippen molar-refractivity contribution in [2.24, 2.45) is 0 Å². The van der Waals surface area contributed by atoms with Crippen LogP contribution in [0.1, 0.15) is 17.3 Å². The first kappa shape index (κ1) is 13.5. The molecule has 1 aromatic rings. The van der Waals surface area contributed by atoms with Crippen molar-refractivity contribution < 1.29 is 14.7 Å². The van der Waals surface area contributed by atoms with E-state index in [0.717, 1.165) is 0 Å². The molecule has 0 aliphatic heterocycles. The van der Waals surface area contributed by atoms with Crippen LogP contribution < -0.4 is 10.6 Å². The summed E-state index contributed by atoms with van der Waals surface area (Å²) in [6.07, 6.45) is 0. The van der Waals surface area contributed by atoms with Crippen LogP contribution >= 0.6 is 11.6 Å². The minimum absolute atomic E-state index is 0.0830. The second-order valence-electron chi connectivity index (χ2n) is 3.33. The Kier molecular flexibility index (Phi) is 4.93. The SMILES string of the molecule is CCNCC(=O)Nc1ccc(C(=O)O)cc1Cl. The van der Waals surface area contributed by atoms with E-state index in [-0.39, 0.29) is 23.0 Å². The molecule has 0 saturated carbocycles. The minimum atomic E-state index is -1.06. The Balaban J connectivity index is 2.72. The number of carboxylic acids is 1. The van der Waals surface area contributed by atoms with E-state index in [1.807, 2.05) is 6.92 Å². The van der Waals surface area contributed by atoms with Gasteiger partial charge in [0.2, 0.25) is 5.91 Å². The van der Waals surface area contributed by atoms with Gasteiger partial charge < -0.3 is 15.7 Å². The molecule has 92 valence electrons. The van der Waals surface area contributed by atoms with Crippen LogP contribution in [-0.4, -0.2) is 30.1 Å². The molecule has 0 aliphatic carbocycles. The molecule has 0 unspecified atom stereocenters. The predicted molar refractivity (Wildman–Crippen MR) is 65.6 cm³/mol. The normalized spacial score (nSPS) is 10.0. The molecule has 0 spiro atoms. The molecule has 17 heavy (non-hydrogen) atoms. The van der Waals surface area contributed by atoms with Gasteiger partial charge in [0.1, 0.15) is 0 Å². The van der Waals surface area contributed by atoms with Crippen LogP contribution in [0.3, 0.4) is 0 Å². The summed E-state index contributed by atoms with van der Waals surface area (Å²) in [5.74, 6) is -1.28. The number of hydrogen-bond donors (Lipinski definition) is 3. The second kappa shape index (κ2) is 6.22. The van der Waals surface area contributed by atoms with Crippen molar-refractivity contribution in [2.75, 3.05) is 18.4 Å². The van der Waals surface area contributed by atoms with Crippen molar-refractivity contribution in [1.29, 1.82) is 0 Å². The van der Waals surface area contributed by atoms with Crippen molar-refractivity contribution in [3.8, 4) is 0 Å². The zero-order valence-corrected chi connectivity index (χ0v) is 10.0. The van der Waals surface area contributed by atoms with E-state index < -0.39 is 5.97 Å². The molecule has 0 bridgehead atoms. The second-order valence-corrected chi connectivity index (χ2v) is 3.74. The third-order valence-corrected chi connectivity index (χ3v) is 2.34. The lowest BCUT2D eigenvalue weighted by Crippen LogP contribution is -2.27. The summed E-state index contributed by atoms with van der Waals surface area (Å²) in [5.41, 5.74) is 0.485. The molecule has 0 saturated heterocycles. The quantitative estimate of drug-likeness (QED) is 0.748. The molecular weight excluding hydrogens is 244 g/mol. The zero-order valence-electron chi connectivity index (χ0n) is 9.29. The molecule has 1 rings (SSSR count). The Morgan fingerprint density at radius 1 is 1.41 bits per heavy atom. The van der Waals surface area contributed by atoms with Crippen molar-refractivity contribution in [1.82, 2.24) is 5.32 Å². The standard InChI is InChI=1S/C11H13ClN2O3/c1-2-13-6-10(15)14-9-4-3-7(11(16)17)5-8(9)12/h3-5,13H,2,6H2,1H3,(H,14,15)(H,16,17). The average Bonchev–Trinajstić information content (AvgIpc) is 2.28. The van der Waals surface area contributed by atoms with E-state index in [0.29, 0.717) is 12.2 Å². The van der Waals surface area contributed by atoms with Crippen LogP contribution in [0, 0.1) is 0 Å². The largest absolute Gasteiger partial charge is 0.478 e. The Morgan fingerprint density at radius 3 is 2.65 bits per heavy atom. The van der Waals surface area contributed by atoms with Gasteiger partial charge in [0, 0.05) is 0 Å². The zero-order chi connectivity index (χ0) is 12.8. The number of carbonyl (C=O) groups is 2. The highest BCUT2D eigenvalue weighted by atomic mass is 35.5. The number of nitrogens with one attached hydrogen (secondary N) is 2. The number of likely N-dealkylation sites (N-methyl/N-ethyl adjacent to an activating group) is 1.